The minimum Gasteiger partial charge on any atom is -0.312 e. The zero-order chi connectivity index (χ0) is 14.6. The first-order valence-electron chi connectivity index (χ1n) is 7.98. The maximum absolute atomic E-state index is 3.75. The van der Waals surface area contributed by atoms with E-state index in [0.717, 1.165) is 6.54 Å². The Bertz CT molecular complexity index is 421. The molecule has 1 saturated carbocycles. The summed E-state index contributed by atoms with van der Waals surface area (Å²) in [6.07, 6.45) is 6.46. The van der Waals surface area contributed by atoms with Crippen LogP contribution in [0.1, 0.15) is 43.7 Å². The van der Waals surface area contributed by atoms with E-state index in [1.807, 2.05) is 0 Å². The molecule has 0 aromatic heterocycles. The predicted molar refractivity (Wildman–Crippen MR) is 87.2 cm³/mol. The molecule has 2 heteroatoms. The number of nitrogens with one attached hydrogen (secondary N) is 1. The molecule has 2 rings (SSSR count). The number of aryl methyl sites for hydroxylation is 2. The highest BCUT2D eigenvalue weighted by Gasteiger charge is 2.38. The van der Waals surface area contributed by atoms with E-state index in [1.54, 1.807) is 0 Å². The molecule has 2 nitrogen and oxygen atoms in total. The third-order valence-electron chi connectivity index (χ3n) is 4.96. The molecular weight excluding hydrogens is 244 g/mol. The van der Waals surface area contributed by atoms with Gasteiger partial charge in [0.25, 0.3) is 0 Å². The number of hydrogen-bond acceptors (Lipinski definition) is 2. The molecule has 1 aromatic rings. The molecule has 1 fully saturated rings. The number of nitrogens with zero attached hydrogens (tertiary/aromatic N) is 1. The second-order valence-electron chi connectivity index (χ2n) is 6.78. The molecule has 1 aliphatic rings. The fourth-order valence-electron chi connectivity index (χ4n) is 3.08. The van der Waals surface area contributed by atoms with Crippen LogP contribution in [0, 0.1) is 6.92 Å². The van der Waals surface area contributed by atoms with E-state index in [1.165, 1.54) is 43.2 Å². The first-order chi connectivity index (χ1) is 9.52. The lowest BCUT2D eigenvalue weighted by Crippen LogP contribution is -2.57. The Balaban J connectivity index is 1.74. The van der Waals surface area contributed by atoms with Crippen molar-refractivity contribution in [3.8, 4) is 0 Å². The van der Waals surface area contributed by atoms with Gasteiger partial charge in [-0.15, -0.1) is 0 Å². The largest absolute Gasteiger partial charge is 0.312 e. The van der Waals surface area contributed by atoms with Crippen LogP contribution in [-0.2, 0) is 6.42 Å². The molecule has 0 amide bonds. The number of likely N-dealkylation sites (N-methyl/N-ethyl adjacent to an activating group) is 1. The van der Waals surface area contributed by atoms with Gasteiger partial charge in [0.15, 0.2) is 0 Å². The standard InChI is InChI=1S/C18H30N2/c1-15-7-5-8-17(13-15)10-9-16(2)19-14-18(20(3)4)11-6-12-18/h5,7-8,13,16,19H,6,9-12,14H2,1-4H3. The molecule has 0 spiro atoms. The third-order valence-corrected chi connectivity index (χ3v) is 4.96. The van der Waals surface area contributed by atoms with Gasteiger partial charge in [0.2, 0.25) is 0 Å². The third kappa shape index (κ3) is 3.83. The van der Waals surface area contributed by atoms with Gasteiger partial charge < -0.3 is 10.2 Å². The van der Waals surface area contributed by atoms with Gasteiger partial charge in [-0.05, 0) is 65.6 Å². The van der Waals surface area contributed by atoms with Gasteiger partial charge in [-0.1, -0.05) is 29.8 Å². The SMILES string of the molecule is Cc1cccc(CCC(C)NCC2(N(C)C)CCC2)c1. The Morgan fingerprint density at radius 1 is 1.30 bits per heavy atom. The monoisotopic (exact) mass is 274 g/mol. The van der Waals surface area contributed by atoms with Crippen LogP contribution in [0.3, 0.4) is 0 Å². The lowest BCUT2D eigenvalue weighted by molar-refractivity contribution is 0.0574. The zero-order valence-corrected chi connectivity index (χ0v) is 13.6. The van der Waals surface area contributed by atoms with Crippen LogP contribution in [0.15, 0.2) is 24.3 Å². The van der Waals surface area contributed by atoms with E-state index >= 15 is 0 Å². The minimum absolute atomic E-state index is 0.428. The normalized spacial score (nSPS) is 18.9. The summed E-state index contributed by atoms with van der Waals surface area (Å²) in [6, 6.07) is 9.47. The van der Waals surface area contributed by atoms with Gasteiger partial charge >= 0.3 is 0 Å². The van der Waals surface area contributed by atoms with Crippen molar-refractivity contribution in [2.24, 2.45) is 0 Å². The van der Waals surface area contributed by atoms with E-state index in [9.17, 15) is 0 Å². The van der Waals surface area contributed by atoms with Crippen molar-refractivity contribution in [1.29, 1.82) is 0 Å². The van der Waals surface area contributed by atoms with Crippen molar-refractivity contribution in [2.75, 3.05) is 20.6 Å². The molecule has 0 bridgehead atoms. The molecule has 112 valence electrons. The topological polar surface area (TPSA) is 15.3 Å². The number of benzene rings is 1. The van der Waals surface area contributed by atoms with Crippen molar-refractivity contribution < 1.29 is 0 Å². The number of rotatable bonds is 7. The van der Waals surface area contributed by atoms with Crippen LogP contribution in [0.5, 0.6) is 0 Å². The molecule has 0 heterocycles. The summed E-state index contributed by atoms with van der Waals surface area (Å²) in [5.74, 6) is 0. The average molecular weight is 274 g/mol. The zero-order valence-electron chi connectivity index (χ0n) is 13.6. The molecular formula is C18H30N2. The molecule has 20 heavy (non-hydrogen) atoms. The summed E-state index contributed by atoms with van der Waals surface area (Å²) in [7, 11) is 4.44. The summed E-state index contributed by atoms with van der Waals surface area (Å²) in [5, 5.41) is 3.75. The Labute approximate surface area is 124 Å². The lowest BCUT2D eigenvalue weighted by Gasteiger charge is -2.48. The summed E-state index contributed by atoms with van der Waals surface area (Å²) < 4.78 is 0. The number of hydrogen-bond donors (Lipinski definition) is 1. The molecule has 1 atom stereocenters. The second-order valence-corrected chi connectivity index (χ2v) is 6.78. The van der Waals surface area contributed by atoms with Crippen LogP contribution in [0.4, 0.5) is 0 Å². The molecule has 1 aromatic carbocycles. The van der Waals surface area contributed by atoms with E-state index in [4.69, 9.17) is 0 Å². The van der Waals surface area contributed by atoms with Gasteiger partial charge in [-0.25, -0.2) is 0 Å². The smallest absolute Gasteiger partial charge is 0.0328 e. The molecule has 1 N–H and O–H groups in total. The van der Waals surface area contributed by atoms with E-state index in [2.05, 4.69) is 62.4 Å². The Morgan fingerprint density at radius 2 is 2.05 bits per heavy atom. The van der Waals surface area contributed by atoms with E-state index in [0.29, 0.717) is 11.6 Å². The van der Waals surface area contributed by atoms with Crippen molar-refractivity contribution in [1.82, 2.24) is 10.2 Å². The molecule has 1 unspecified atom stereocenters. The highest BCUT2D eigenvalue weighted by molar-refractivity contribution is 5.22. The average Bonchev–Trinajstić information content (AvgIpc) is 2.34. The molecule has 0 saturated heterocycles. The summed E-state index contributed by atoms with van der Waals surface area (Å²) in [4.78, 5) is 2.41. The fourth-order valence-corrected chi connectivity index (χ4v) is 3.08. The second kappa shape index (κ2) is 6.73. The minimum atomic E-state index is 0.428. The lowest BCUT2D eigenvalue weighted by atomic mass is 9.75. The fraction of sp³-hybridized carbons (Fsp3) is 0.667. The Hall–Kier alpha value is -0.860. The Morgan fingerprint density at radius 3 is 2.60 bits per heavy atom. The van der Waals surface area contributed by atoms with Crippen LogP contribution < -0.4 is 5.32 Å². The van der Waals surface area contributed by atoms with Crippen molar-refractivity contribution >= 4 is 0 Å². The maximum Gasteiger partial charge on any atom is 0.0328 e. The van der Waals surface area contributed by atoms with Crippen LogP contribution in [0.2, 0.25) is 0 Å². The van der Waals surface area contributed by atoms with Crippen molar-refractivity contribution in [3.05, 3.63) is 35.4 Å². The quantitative estimate of drug-likeness (QED) is 0.820. The van der Waals surface area contributed by atoms with Gasteiger partial charge in [0.1, 0.15) is 0 Å². The summed E-state index contributed by atoms with van der Waals surface area (Å²) >= 11 is 0. The van der Waals surface area contributed by atoms with E-state index < -0.39 is 0 Å². The van der Waals surface area contributed by atoms with Gasteiger partial charge in [0.05, 0.1) is 0 Å². The Kier molecular flexibility index (Phi) is 5.22. The molecule has 0 radical (unpaired) electrons. The molecule has 1 aliphatic carbocycles. The van der Waals surface area contributed by atoms with Crippen molar-refractivity contribution in [3.63, 3.8) is 0 Å². The highest BCUT2D eigenvalue weighted by atomic mass is 15.2. The van der Waals surface area contributed by atoms with Gasteiger partial charge in [-0.2, -0.15) is 0 Å². The van der Waals surface area contributed by atoms with Crippen LogP contribution >= 0.6 is 0 Å². The predicted octanol–water partition coefficient (Wildman–Crippen LogP) is 3.39. The first kappa shape index (κ1) is 15.5. The summed E-state index contributed by atoms with van der Waals surface area (Å²) in [6.45, 7) is 5.62. The van der Waals surface area contributed by atoms with Gasteiger partial charge in [0, 0.05) is 18.1 Å². The maximum atomic E-state index is 3.75. The molecule has 0 aliphatic heterocycles. The van der Waals surface area contributed by atoms with E-state index in [-0.39, 0.29) is 0 Å². The summed E-state index contributed by atoms with van der Waals surface area (Å²) in [5.41, 5.74) is 3.26. The van der Waals surface area contributed by atoms with Crippen molar-refractivity contribution in [2.45, 2.75) is 57.5 Å². The van der Waals surface area contributed by atoms with Gasteiger partial charge in [-0.3, -0.25) is 0 Å². The van der Waals surface area contributed by atoms with Crippen LogP contribution in [-0.4, -0.2) is 37.1 Å². The van der Waals surface area contributed by atoms with Crippen LogP contribution in [0.25, 0.3) is 0 Å². The highest BCUT2D eigenvalue weighted by Crippen LogP contribution is 2.35. The first-order valence-corrected chi connectivity index (χ1v) is 7.98.